The Balaban J connectivity index is 2.30. The number of esters is 1. The third-order valence-electron chi connectivity index (χ3n) is 2.35. The summed E-state index contributed by atoms with van der Waals surface area (Å²) in [6.07, 6.45) is 0. The van der Waals surface area contributed by atoms with Gasteiger partial charge in [-0.25, -0.2) is 4.79 Å². The molecule has 0 saturated carbocycles. The van der Waals surface area contributed by atoms with Crippen LogP contribution >= 0.6 is 27.3 Å². The van der Waals surface area contributed by atoms with E-state index in [9.17, 15) is 4.79 Å². The predicted octanol–water partition coefficient (Wildman–Crippen LogP) is 3.75. The van der Waals surface area contributed by atoms with Crippen LogP contribution in [-0.2, 0) is 0 Å². The summed E-state index contributed by atoms with van der Waals surface area (Å²) in [6, 6.07) is 8.65. The number of carbonyl (C=O) groups excluding carboxylic acids is 1. The van der Waals surface area contributed by atoms with Crippen molar-refractivity contribution in [3.8, 4) is 17.2 Å². The number of methoxy groups -OCH3 is 2. The first-order chi connectivity index (χ1) is 9.15. The van der Waals surface area contributed by atoms with Gasteiger partial charge in [-0.2, -0.15) is 0 Å². The molecular formula is C13H11BrO4S. The summed E-state index contributed by atoms with van der Waals surface area (Å²) < 4.78 is 16.6. The Labute approximate surface area is 123 Å². The highest BCUT2D eigenvalue weighted by molar-refractivity contribution is 9.11. The largest absolute Gasteiger partial charge is 0.493 e. The van der Waals surface area contributed by atoms with Gasteiger partial charge in [-0.15, -0.1) is 11.3 Å². The highest BCUT2D eigenvalue weighted by atomic mass is 79.9. The zero-order valence-electron chi connectivity index (χ0n) is 10.3. The van der Waals surface area contributed by atoms with Gasteiger partial charge in [0.15, 0.2) is 11.5 Å². The average molecular weight is 343 g/mol. The van der Waals surface area contributed by atoms with Gasteiger partial charge in [-0.1, -0.05) is 6.07 Å². The van der Waals surface area contributed by atoms with E-state index in [1.165, 1.54) is 25.6 Å². The van der Waals surface area contributed by atoms with Crippen molar-refractivity contribution in [2.45, 2.75) is 0 Å². The Morgan fingerprint density at radius 3 is 2.21 bits per heavy atom. The predicted molar refractivity (Wildman–Crippen MR) is 76.5 cm³/mol. The second-order valence-electron chi connectivity index (χ2n) is 3.48. The van der Waals surface area contributed by atoms with Gasteiger partial charge in [0, 0.05) is 0 Å². The molecule has 0 aliphatic carbocycles. The fourth-order valence-electron chi connectivity index (χ4n) is 1.48. The zero-order valence-corrected chi connectivity index (χ0v) is 12.7. The molecule has 1 aromatic heterocycles. The topological polar surface area (TPSA) is 44.8 Å². The Kier molecular flexibility index (Phi) is 4.44. The van der Waals surface area contributed by atoms with Crippen molar-refractivity contribution in [3.05, 3.63) is 39.0 Å². The highest BCUT2D eigenvalue weighted by Crippen LogP contribution is 2.37. The van der Waals surface area contributed by atoms with Gasteiger partial charge in [-0.05, 0) is 40.2 Å². The third kappa shape index (κ3) is 3.08. The van der Waals surface area contributed by atoms with Crippen molar-refractivity contribution in [1.82, 2.24) is 0 Å². The number of para-hydroxylation sites is 1. The van der Waals surface area contributed by atoms with E-state index in [2.05, 4.69) is 15.9 Å². The van der Waals surface area contributed by atoms with E-state index in [0.29, 0.717) is 16.4 Å². The molecule has 0 fully saturated rings. The molecule has 0 radical (unpaired) electrons. The first-order valence-electron chi connectivity index (χ1n) is 5.34. The number of hydrogen-bond donors (Lipinski definition) is 0. The summed E-state index contributed by atoms with van der Waals surface area (Å²) in [7, 11) is 3.02. The maximum Gasteiger partial charge on any atom is 0.354 e. The number of halogens is 1. The van der Waals surface area contributed by atoms with Gasteiger partial charge in [0.2, 0.25) is 5.75 Å². The molecule has 1 aromatic carbocycles. The minimum atomic E-state index is -0.446. The van der Waals surface area contributed by atoms with Crippen LogP contribution < -0.4 is 14.2 Å². The standard InChI is InChI=1S/C13H11BrO4S/c1-16-8-4-3-5-9(17-2)12(8)18-13(15)10-6-7-11(14)19-10/h3-7H,1-2H3. The molecule has 0 N–H and O–H groups in total. The number of carbonyl (C=O) groups is 1. The number of thiophene rings is 1. The molecule has 19 heavy (non-hydrogen) atoms. The van der Waals surface area contributed by atoms with Crippen molar-refractivity contribution in [1.29, 1.82) is 0 Å². The van der Waals surface area contributed by atoms with Crippen molar-refractivity contribution in [2.24, 2.45) is 0 Å². The summed E-state index contributed by atoms with van der Waals surface area (Å²) in [5.74, 6) is 0.729. The van der Waals surface area contributed by atoms with Crippen LogP contribution in [0.2, 0.25) is 0 Å². The van der Waals surface area contributed by atoms with Crippen LogP contribution in [0.3, 0.4) is 0 Å². The summed E-state index contributed by atoms with van der Waals surface area (Å²) >= 11 is 4.61. The average Bonchev–Trinajstić information content (AvgIpc) is 2.85. The van der Waals surface area contributed by atoms with Gasteiger partial charge >= 0.3 is 5.97 Å². The zero-order chi connectivity index (χ0) is 13.8. The van der Waals surface area contributed by atoms with Crippen LogP contribution in [-0.4, -0.2) is 20.2 Å². The quantitative estimate of drug-likeness (QED) is 0.627. The van der Waals surface area contributed by atoms with E-state index in [1.54, 1.807) is 30.3 Å². The number of rotatable bonds is 4. The maximum atomic E-state index is 12.0. The van der Waals surface area contributed by atoms with Gasteiger partial charge in [0.1, 0.15) is 4.88 Å². The first-order valence-corrected chi connectivity index (χ1v) is 6.95. The van der Waals surface area contributed by atoms with Crippen molar-refractivity contribution < 1.29 is 19.0 Å². The number of benzene rings is 1. The van der Waals surface area contributed by atoms with Crippen molar-refractivity contribution in [3.63, 3.8) is 0 Å². The molecule has 2 rings (SSSR count). The molecule has 100 valence electrons. The molecular weight excluding hydrogens is 332 g/mol. The maximum absolute atomic E-state index is 12.0. The first kappa shape index (κ1) is 13.9. The highest BCUT2D eigenvalue weighted by Gasteiger charge is 2.18. The normalized spacial score (nSPS) is 10.1. The lowest BCUT2D eigenvalue weighted by Crippen LogP contribution is -2.08. The van der Waals surface area contributed by atoms with Gasteiger partial charge in [0.25, 0.3) is 0 Å². The molecule has 0 amide bonds. The summed E-state index contributed by atoms with van der Waals surface area (Å²) in [5.41, 5.74) is 0. The number of ether oxygens (including phenoxy) is 3. The lowest BCUT2D eigenvalue weighted by atomic mass is 10.3. The van der Waals surface area contributed by atoms with Gasteiger partial charge < -0.3 is 14.2 Å². The molecule has 1 heterocycles. The number of hydrogen-bond acceptors (Lipinski definition) is 5. The van der Waals surface area contributed by atoms with Crippen molar-refractivity contribution in [2.75, 3.05) is 14.2 Å². The van der Waals surface area contributed by atoms with E-state index in [0.717, 1.165) is 3.79 Å². The lowest BCUT2D eigenvalue weighted by molar-refractivity contribution is 0.0729. The van der Waals surface area contributed by atoms with Crippen LogP contribution in [0.25, 0.3) is 0 Å². The van der Waals surface area contributed by atoms with Crippen LogP contribution in [0.1, 0.15) is 9.67 Å². The summed E-state index contributed by atoms with van der Waals surface area (Å²) in [4.78, 5) is 12.5. The van der Waals surface area contributed by atoms with Gasteiger partial charge in [-0.3, -0.25) is 0 Å². The van der Waals surface area contributed by atoms with E-state index in [-0.39, 0.29) is 5.75 Å². The molecule has 0 bridgehead atoms. The Morgan fingerprint density at radius 1 is 1.11 bits per heavy atom. The molecule has 6 heteroatoms. The van der Waals surface area contributed by atoms with Crippen LogP contribution in [0.5, 0.6) is 17.2 Å². The Bertz CT molecular complexity index is 572. The molecule has 0 unspecified atom stereocenters. The molecule has 0 aliphatic heterocycles. The SMILES string of the molecule is COc1cccc(OC)c1OC(=O)c1ccc(Br)s1. The molecule has 0 saturated heterocycles. The minimum absolute atomic E-state index is 0.280. The third-order valence-corrected chi connectivity index (χ3v) is 3.96. The van der Waals surface area contributed by atoms with Crippen LogP contribution in [0.15, 0.2) is 34.1 Å². The second kappa shape index (κ2) is 6.08. The molecule has 0 atom stereocenters. The fourth-order valence-corrected chi connectivity index (χ4v) is 2.75. The van der Waals surface area contributed by atoms with E-state index >= 15 is 0 Å². The fraction of sp³-hybridized carbons (Fsp3) is 0.154. The summed E-state index contributed by atoms with van der Waals surface area (Å²) in [5, 5.41) is 0. The van der Waals surface area contributed by atoms with Crippen LogP contribution in [0.4, 0.5) is 0 Å². The smallest absolute Gasteiger partial charge is 0.354 e. The second-order valence-corrected chi connectivity index (χ2v) is 5.95. The Morgan fingerprint density at radius 2 is 1.74 bits per heavy atom. The van der Waals surface area contributed by atoms with Crippen molar-refractivity contribution >= 4 is 33.2 Å². The van der Waals surface area contributed by atoms with E-state index in [4.69, 9.17) is 14.2 Å². The molecule has 0 spiro atoms. The van der Waals surface area contributed by atoms with E-state index in [1.807, 2.05) is 0 Å². The van der Waals surface area contributed by atoms with Gasteiger partial charge in [0.05, 0.1) is 18.0 Å². The Hall–Kier alpha value is -1.53. The van der Waals surface area contributed by atoms with E-state index < -0.39 is 5.97 Å². The van der Waals surface area contributed by atoms with Crippen LogP contribution in [0, 0.1) is 0 Å². The lowest BCUT2D eigenvalue weighted by Gasteiger charge is -2.12. The summed E-state index contributed by atoms with van der Waals surface area (Å²) in [6.45, 7) is 0. The molecule has 4 nitrogen and oxygen atoms in total. The minimum Gasteiger partial charge on any atom is -0.493 e. The molecule has 2 aromatic rings. The monoisotopic (exact) mass is 342 g/mol. The molecule has 0 aliphatic rings.